The van der Waals surface area contributed by atoms with Crippen molar-refractivity contribution in [1.29, 1.82) is 0 Å². The molecule has 4 saturated carbocycles. The molecule has 6 nitrogen and oxygen atoms in total. The van der Waals surface area contributed by atoms with E-state index >= 15 is 0 Å². The van der Waals surface area contributed by atoms with Crippen LogP contribution in [0.15, 0.2) is 0 Å². The molecule has 1 heterocycles. The summed E-state index contributed by atoms with van der Waals surface area (Å²) >= 11 is 0. The fourth-order valence-corrected chi connectivity index (χ4v) is 6.65. The Morgan fingerprint density at radius 2 is 1.75 bits per heavy atom. The molecule has 1 aliphatic heterocycles. The van der Waals surface area contributed by atoms with Crippen LogP contribution in [0.5, 0.6) is 0 Å². The van der Waals surface area contributed by atoms with Crippen LogP contribution in [0.2, 0.25) is 0 Å². The minimum absolute atomic E-state index is 0.0313. The fourth-order valence-electron chi connectivity index (χ4n) is 6.65. The third kappa shape index (κ3) is 4.09. The lowest BCUT2D eigenvalue weighted by Crippen LogP contribution is -2.57. The third-order valence-electron chi connectivity index (χ3n) is 8.09. The zero-order valence-corrected chi connectivity index (χ0v) is 17.4. The molecule has 5 rings (SSSR count). The number of rotatable bonds is 7. The van der Waals surface area contributed by atoms with Gasteiger partial charge in [0.25, 0.3) is 0 Å². The largest absolute Gasteiger partial charge is 0.480 e. The average molecular weight is 393 g/mol. The SMILES string of the molecule is CC(C)(C(=O)O)N1CCOC(CC(=O)NCCC2C3CC4CC(C3)CC2C4)C1. The second-order valence-electron chi connectivity index (χ2n) is 10.2. The zero-order valence-electron chi connectivity index (χ0n) is 17.4. The number of carboxylic acids is 1. The number of hydrogen-bond acceptors (Lipinski definition) is 4. The molecular weight excluding hydrogens is 356 g/mol. The molecule has 0 aromatic heterocycles. The molecule has 5 fully saturated rings. The van der Waals surface area contributed by atoms with Gasteiger partial charge in [0, 0.05) is 19.6 Å². The highest BCUT2D eigenvalue weighted by Gasteiger charge is 2.47. The highest BCUT2D eigenvalue weighted by atomic mass is 16.5. The second-order valence-corrected chi connectivity index (χ2v) is 10.2. The van der Waals surface area contributed by atoms with E-state index in [1.165, 1.54) is 32.1 Å². The highest BCUT2D eigenvalue weighted by molar-refractivity contribution is 5.78. The van der Waals surface area contributed by atoms with Crippen LogP contribution in [0.25, 0.3) is 0 Å². The van der Waals surface area contributed by atoms with Gasteiger partial charge in [0.2, 0.25) is 5.91 Å². The van der Waals surface area contributed by atoms with Crippen molar-refractivity contribution in [2.45, 2.75) is 70.4 Å². The summed E-state index contributed by atoms with van der Waals surface area (Å²) in [6.07, 6.45) is 8.39. The van der Waals surface area contributed by atoms with Crippen molar-refractivity contribution in [3.05, 3.63) is 0 Å². The lowest BCUT2D eigenvalue weighted by molar-refractivity contribution is -0.155. The number of carboxylic acid groups (broad SMARTS) is 1. The predicted octanol–water partition coefficient (Wildman–Crippen LogP) is 2.52. The first kappa shape index (κ1) is 20.1. The van der Waals surface area contributed by atoms with Crippen LogP contribution in [-0.2, 0) is 14.3 Å². The smallest absolute Gasteiger partial charge is 0.323 e. The number of morpholine rings is 1. The van der Waals surface area contributed by atoms with Crippen LogP contribution in [0, 0.1) is 29.6 Å². The first-order valence-electron chi connectivity index (χ1n) is 11.2. The van der Waals surface area contributed by atoms with Crippen LogP contribution in [-0.4, -0.2) is 59.8 Å². The van der Waals surface area contributed by atoms with Gasteiger partial charge in [-0.05, 0) is 82.0 Å². The zero-order chi connectivity index (χ0) is 19.9. The monoisotopic (exact) mass is 392 g/mol. The minimum Gasteiger partial charge on any atom is -0.480 e. The van der Waals surface area contributed by atoms with E-state index in [0.717, 1.165) is 42.6 Å². The van der Waals surface area contributed by atoms with Gasteiger partial charge in [-0.2, -0.15) is 0 Å². The van der Waals surface area contributed by atoms with Gasteiger partial charge in [-0.15, -0.1) is 0 Å². The van der Waals surface area contributed by atoms with E-state index in [2.05, 4.69) is 5.32 Å². The first-order valence-corrected chi connectivity index (χ1v) is 11.2. The quantitative estimate of drug-likeness (QED) is 0.696. The summed E-state index contributed by atoms with van der Waals surface area (Å²) < 4.78 is 5.73. The summed E-state index contributed by atoms with van der Waals surface area (Å²) in [5.74, 6) is 3.80. The molecule has 158 valence electrons. The van der Waals surface area contributed by atoms with Crippen molar-refractivity contribution in [3.63, 3.8) is 0 Å². The molecule has 1 saturated heterocycles. The Labute approximate surface area is 168 Å². The molecule has 4 aliphatic carbocycles. The van der Waals surface area contributed by atoms with Crippen LogP contribution >= 0.6 is 0 Å². The number of hydrogen-bond donors (Lipinski definition) is 2. The van der Waals surface area contributed by atoms with Gasteiger partial charge < -0.3 is 15.2 Å². The topological polar surface area (TPSA) is 78.9 Å². The Kier molecular flexibility index (Phi) is 5.71. The number of amides is 1. The van der Waals surface area contributed by atoms with Gasteiger partial charge in [-0.25, -0.2) is 0 Å². The summed E-state index contributed by atoms with van der Waals surface area (Å²) in [4.78, 5) is 25.8. The molecule has 0 aromatic carbocycles. The number of nitrogens with one attached hydrogen (secondary N) is 1. The molecule has 2 N–H and O–H groups in total. The summed E-state index contributed by atoms with van der Waals surface area (Å²) in [5, 5.41) is 12.5. The average Bonchev–Trinajstić information content (AvgIpc) is 2.63. The van der Waals surface area contributed by atoms with E-state index in [9.17, 15) is 14.7 Å². The third-order valence-corrected chi connectivity index (χ3v) is 8.09. The fraction of sp³-hybridized carbons (Fsp3) is 0.909. The van der Waals surface area contributed by atoms with Crippen molar-refractivity contribution in [1.82, 2.24) is 10.2 Å². The number of aliphatic carboxylic acids is 1. The Hall–Kier alpha value is -1.14. The molecule has 5 aliphatic rings. The molecule has 0 spiro atoms. The van der Waals surface area contributed by atoms with Crippen molar-refractivity contribution < 1.29 is 19.4 Å². The molecule has 1 atom stereocenters. The molecule has 4 bridgehead atoms. The van der Waals surface area contributed by atoms with Gasteiger partial charge in [-0.1, -0.05) is 0 Å². The van der Waals surface area contributed by atoms with E-state index in [4.69, 9.17) is 4.74 Å². The van der Waals surface area contributed by atoms with Gasteiger partial charge in [0.15, 0.2) is 0 Å². The molecule has 1 unspecified atom stereocenters. The van der Waals surface area contributed by atoms with Gasteiger partial charge >= 0.3 is 5.97 Å². The standard InChI is InChI=1S/C22H36N2O4/c1-22(2,21(26)27)24-5-6-28-18(13-24)12-20(25)23-4-3-19-16-8-14-7-15(10-16)11-17(19)9-14/h14-19H,3-13H2,1-2H3,(H,23,25)(H,26,27). The lowest BCUT2D eigenvalue weighted by Gasteiger charge is -2.54. The van der Waals surface area contributed by atoms with E-state index in [0.29, 0.717) is 26.1 Å². The molecule has 0 radical (unpaired) electrons. The maximum Gasteiger partial charge on any atom is 0.323 e. The van der Waals surface area contributed by atoms with Gasteiger partial charge in [-0.3, -0.25) is 14.5 Å². The molecule has 1 amide bonds. The molecular formula is C22H36N2O4. The summed E-state index contributed by atoms with van der Waals surface area (Å²) in [6.45, 7) is 5.74. The van der Waals surface area contributed by atoms with Gasteiger partial charge in [0.05, 0.1) is 19.1 Å². The maximum absolute atomic E-state index is 12.4. The Morgan fingerprint density at radius 1 is 1.11 bits per heavy atom. The van der Waals surface area contributed by atoms with E-state index in [1.807, 2.05) is 4.90 Å². The number of carbonyl (C=O) groups is 2. The highest BCUT2D eigenvalue weighted by Crippen LogP contribution is 2.57. The van der Waals surface area contributed by atoms with E-state index in [-0.39, 0.29) is 12.0 Å². The Morgan fingerprint density at radius 3 is 2.36 bits per heavy atom. The summed E-state index contributed by atoms with van der Waals surface area (Å²) in [7, 11) is 0. The molecule has 6 heteroatoms. The molecule has 28 heavy (non-hydrogen) atoms. The van der Waals surface area contributed by atoms with E-state index < -0.39 is 11.5 Å². The Balaban J connectivity index is 1.20. The summed E-state index contributed by atoms with van der Waals surface area (Å²) in [5.41, 5.74) is -0.933. The predicted molar refractivity (Wildman–Crippen MR) is 106 cm³/mol. The van der Waals surface area contributed by atoms with Crippen molar-refractivity contribution >= 4 is 11.9 Å². The summed E-state index contributed by atoms with van der Waals surface area (Å²) in [6, 6.07) is 0. The maximum atomic E-state index is 12.4. The van der Waals surface area contributed by atoms with Crippen molar-refractivity contribution in [3.8, 4) is 0 Å². The first-order chi connectivity index (χ1) is 13.3. The second kappa shape index (κ2) is 7.94. The van der Waals surface area contributed by atoms with Crippen LogP contribution in [0.3, 0.4) is 0 Å². The molecule has 0 aromatic rings. The Bertz CT molecular complexity index is 577. The normalized spacial score (nSPS) is 37.8. The van der Waals surface area contributed by atoms with Crippen LogP contribution < -0.4 is 5.32 Å². The minimum atomic E-state index is -0.933. The van der Waals surface area contributed by atoms with Crippen LogP contribution in [0.1, 0.15) is 58.8 Å². The van der Waals surface area contributed by atoms with Gasteiger partial charge in [0.1, 0.15) is 5.54 Å². The number of carbonyl (C=O) groups excluding carboxylic acids is 1. The lowest BCUT2D eigenvalue weighted by atomic mass is 9.51. The van der Waals surface area contributed by atoms with Crippen molar-refractivity contribution in [2.75, 3.05) is 26.2 Å². The van der Waals surface area contributed by atoms with Crippen molar-refractivity contribution in [2.24, 2.45) is 29.6 Å². The number of ether oxygens (including phenoxy) is 1. The number of nitrogens with zero attached hydrogens (tertiary/aromatic N) is 1. The van der Waals surface area contributed by atoms with E-state index in [1.54, 1.807) is 13.8 Å². The van der Waals surface area contributed by atoms with Crippen LogP contribution in [0.4, 0.5) is 0 Å².